The predicted octanol–water partition coefficient (Wildman–Crippen LogP) is 1.38. The van der Waals surface area contributed by atoms with E-state index in [0.29, 0.717) is 5.56 Å². The van der Waals surface area contributed by atoms with Gasteiger partial charge in [-0.15, -0.1) is 0 Å². The van der Waals surface area contributed by atoms with E-state index in [4.69, 9.17) is 5.73 Å². The lowest BCUT2D eigenvalue weighted by Gasteiger charge is -2.13. The van der Waals surface area contributed by atoms with Gasteiger partial charge in [0.05, 0.1) is 5.56 Å². The van der Waals surface area contributed by atoms with Crippen molar-refractivity contribution in [2.24, 2.45) is 5.73 Å². The second-order valence-corrected chi connectivity index (χ2v) is 4.15. The van der Waals surface area contributed by atoms with Crippen LogP contribution in [0.5, 0.6) is 0 Å². The van der Waals surface area contributed by atoms with E-state index >= 15 is 0 Å². The Hall–Kier alpha value is -2.25. The lowest BCUT2D eigenvalue weighted by molar-refractivity contribution is -0.137. The van der Waals surface area contributed by atoms with Crippen LogP contribution in [-0.4, -0.2) is 18.0 Å². The van der Waals surface area contributed by atoms with Crippen molar-refractivity contribution in [3.8, 4) is 0 Å². The number of urea groups is 1. The molecule has 3 amide bonds. The minimum Gasteiger partial charge on any atom is -0.352 e. The minimum absolute atomic E-state index is 0.0759. The Balaban J connectivity index is 2.62. The highest BCUT2D eigenvalue weighted by atomic mass is 19.4. The Labute approximate surface area is 113 Å². The van der Waals surface area contributed by atoms with Crippen LogP contribution in [0.25, 0.3) is 0 Å². The molecule has 0 unspecified atom stereocenters. The number of nitrogens with one attached hydrogen (secondary N) is 2. The van der Waals surface area contributed by atoms with Gasteiger partial charge in [-0.05, 0) is 24.6 Å². The number of hydrogen-bond donors (Lipinski definition) is 3. The van der Waals surface area contributed by atoms with Crippen LogP contribution in [0.1, 0.15) is 18.1 Å². The number of alkyl halides is 3. The lowest BCUT2D eigenvalue weighted by Crippen LogP contribution is -2.46. The highest BCUT2D eigenvalue weighted by Crippen LogP contribution is 2.29. The van der Waals surface area contributed by atoms with Gasteiger partial charge in [0.1, 0.15) is 6.04 Å². The van der Waals surface area contributed by atoms with Crippen molar-refractivity contribution >= 4 is 11.9 Å². The van der Waals surface area contributed by atoms with Crippen molar-refractivity contribution in [3.63, 3.8) is 0 Å². The third kappa shape index (κ3) is 4.79. The predicted molar refractivity (Wildman–Crippen MR) is 65.5 cm³/mol. The van der Waals surface area contributed by atoms with Gasteiger partial charge in [-0.1, -0.05) is 12.1 Å². The average molecular weight is 289 g/mol. The van der Waals surface area contributed by atoms with E-state index in [1.165, 1.54) is 19.1 Å². The molecule has 0 aliphatic carbocycles. The van der Waals surface area contributed by atoms with Crippen LogP contribution in [0.2, 0.25) is 0 Å². The number of hydrogen-bond acceptors (Lipinski definition) is 2. The van der Waals surface area contributed by atoms with Gasteiger partial charge in [-0.2, -0.15) is 13.2 Å². The van der Waals surface area contributed by atoms with Crippen molar-refractivity contribution in [1.82, 2.24) is 10.6 Å². The average Bonchev–Trinajstić information content (AvgIpc) is 2.34. The van der Waals surface area contributed by atoms with Gasteiger partial charge in [0.25, 0.3) is 0 Å². The molecule has 0 heterocycles. The summed E-state index contributed by atoms with van der Waals surface area (Å²) in [5.41, 5.74) is 4.37. The zero-order chi connectivity index (χ0) is 15.3. The molecule has 1 atom stereocenters. The normalized spacial score (nSPS) is 12.6. The van der Waals surface area contributed by atoms with Crippen LogP contribution in [0, 0.1) is 0 Å². The summed E-state index contributed by atoms with van der Waals surface area (Å²) in [6.45, 7) is 1.33. The molecule has 1 aromatic carbocycles. The van der Waals surface area contributed by atoms with E-state index in [-0.39, 0.29) is 6.54 Å². The number of carbonyl (C=O) groups is 2. The summed E-state index contributed by atoms with van der Waals surface area (Å²) in [6.07, 6.45) is -4.43. The zero-order valence-corrected chi connectivity index (χ0v) is 10.6. The highest BCUT2D eigenvalue weighted by Gasteiger charge is 2.30. The number of primary amides is 1. The van der Waals surface area contributed by atoms with Crippen LogP contribution < -0.4 is 16.4 Å². The van der Waals surface area contributed by atoms with Crippen molar-refractivity contribution in [2.75, 3.05) is 0 Å². The molecule has 0 saturated heterocycles. The maximum Gasteiger partial charge on any atom is 0.416 e. The molecule has 0 spiro atoms. The SMILES string of the molecule is C[C@@H](NC(N)=O)C(=O)NCc1cccc(C(F)(F)F)c1. The summed E-state index contributed by atoms with van der Waals surface area (Å²) >= 11 is 0. The first kappa shape index (κ1) is 15.8. The summed E-state index contributed by atoms with van der Waals surface area (Å²) in [4.78, 5) is 22.1. The lowest BCUT2D eigenvalue weighted by atomic mass is 10.1. The number of benzene rings is 1. The van der Waals surface area contributed by atoms with Crippen molar-refractivity contribution < 1.29 is 22.8 Å². The van der Waals surface area contributed by atoms with Crippen LogP contribution in [0.3, 0.4) is 0 Å². The molecule has 5 nitrogen and oxygen atoms in total. The van der Waals surface area contributed by atoms with Crippen molar-refractivity contribution in [1.29, 1.82) is 0 Å². The quantitative estimate of drug-likeness (QED) is 0.782. The molecule has 1 aromatic rings. The maximum atomic E-state index is 12.5. The molecule has 0 aliphatic heterocycles. The first-order chi connectivity index (χ1) is 9.20. The molecule has 0 bridgehead atoms. The maximum absolute atomic E-state index is 12.5. The Morgan fingerprint density at radius 1 is 1.35 bits per heavy atom. The standard InChI is InChI=1S/C12H14F3N3O2/c1-7(18-11(16)20)10(19)17-6-8-3-2-4-9(5-8)12(13,14)15/h2-5,7H,6H2,1H3,(H,17,19)(H3,16,18,20)/t7-/m1/s1. The summed E-state index contributed by atoms with van der Waals surface area (Å²) in [6, 6.07) is 2.90. The summed E-state index contributed by atoms with van der Waals surface area (Å²) in [5.74, 6) is -0.541. The highest BCUT2D eigenvalue weighted by molar-refractivity contribution is 5.86. The van der Waals surface area contributed by atoms with Gasteiger partial charge in [-0.3, -0.25) is 4.79 Å². The molecule has 0 radical (unpaired) electrons. The number of halogens is 3. The molecule has 0 saturated carbocycles. The molecule has 1 rings (SSSR count). The van der Waals surface area contributed by atoms with E-state index < -0.39 is 29.7 Å². The number of amides is 3. The molecule has 110 valence electrons. The van der Waals surface area contributed by atoms with Gasteiger partial charge >= 0.3 is 12.2 Å². The molecule has 4 N–H and O–H groups in total. The molecule has 0 aromatic heterocycles. The summed E-state index contributed by atoms with van der Waals surface area (Å²) in [7, 11) is 0. The second kappa shape index (κ2) is 6.27. The molecule has 20 heavy (non-hydrogen) atoms. The largest absolute Gasteiger partial charge is 0.416 e. The fourth-order valence-electron chi connectivity index (χ4n) is 1.48. The van der Waals surface area contributed by atoms with E-state index in [1.807, 2.05) is 0 Å². The Kier molecular flexibility index (Phi) is 4.95. The van der Waals surface area contributed by atoms with Gasteiger partial charge in [0, 0.05) is 6.54 Å². The van der Waals surface area contributed by atoms with Gasteiger partial charge in [0.15, 0.2) is 0 Å². The first-order valence-corrected chi connectivity index (χ1v) is 5.70. The third-order valence-corrected chi connectivity index (χ3v) is 2.47. The van der Waals surface area contributed by atoms with E-state index in [1.54, 1.807) is 0 Å². The topological polar surface area (TPSA) is 84.2 Å². The van der Waals surface area contributed by atoms with Crippen LogP contribution in [0.4, 0.5) is 18.0 Å². The molecule has 0 aliphatic rings. The van der Waals surface area contributed by atoms with Crippen molar-refractivity contribution in [3.05, 3.63) is 35.4 Å². The fraction of sp³-hybridized carbons (Fsp3) is 0.333. The second-order valence-electron chi connectivity index (χ2n) is 4.15. The fourth-order valence-corrected chi connectivity index (χ4v) is 1.48. The smallest absolute Gasteiger partial charge is 0.352 e. The first-order valence-electron chi connectivity index (χ1n) is 5.70. The minimum atomic E-state index is -4.43. The Morgan fingerprint density at radius 2 is 2.00 bits per heavy atom. The van der Waals surface area contributed by atoms with Crippen LogP contribution >= 0.6 is 0 Å². The Morgan fingerprint density at radius 3 is 2.55 bits per heavy atom. The van der Waals surface area contributed by atoms with Gasteiger partial charge < -0.3 is 16.4 Å². The number of rotatable bonds is 4. The van der Waals surface area contributed by atoms with Crippen LogP contribution in [-0.2, 0) is 17.5 Å². The summed E-state index contributed by atoms with van der Waals surface area (Å²) in [5, 5.41) is 4.57. The van der Waals surface area contributed by atoms with E-state index in [2.05, 4.69) is 10.6 Å². The third-order valence-electron chi connectivity index (χ3n) is 2.47. The monoisotopic (exact) mass is 289 g/mol. The number of nitrogens with two attached hydrogens (primary N) is 1. The zero-order valence-electron chi connectivity index (χ0n) is 10.6. The molecule has 8 heteroatoms. The van der Waals surface area contributed by atoms with Crippen LogP contribution in [0.15, 0.2) is 24.3 Å². The Bertz CT molecular complexity index is 503. The molecular weight excluding hydrogens is 275 g/mol. The molecular formula is C12H14F3N3O2. The van der Waals surface area contributed by atoms with E-state index in [9.17, 15) is 22.8 Å². The number of carbonyl (C=O) groups excluding carboxylic acids is 2. The summed E-state index contributed by atoms with van der Waals surface area (Å²) < 4.78 is 37.5. The van der Waals surface area contributed by atoms with Gasteiger partial charge in [0.2, 0.25) is 5.91 Å². The van der Waals surface area contributed by atoms with Crippen molar-refractivity contribution in [2.45, 2.75) is 25.7 Å². The van der Waals surface area contributed by atoms with E-state index in [0.717, 1.165) is 12.1 Å². The molecule has 0 fully saturated rings. The van der Waals surface area contributed by atoms with Gasteiger partial charge in [-0.25, -0.2) is 4.79 Å².